The number of nitrogens with two attached hydrogens (primary N) is 1. The van der Waals surface area contributed by atoms with Crippen molar-refractivity contribution >= 4 is 17.1 Å². The monoisotopic (exact) mass is 379 g/mol. The summed E-state index contributed by atoms with van der Waals surface area (Å²) in [7, 11) is 3.07. The molecule has 2 aromatic heterocycles. The first-order valence-electron chi connectivity index (χ1n) is 9.07. The van der Waals surface area contributed by atoms with E-state index >= 15 is 0 Å². The maximum Gasteiger partial charge on any atom is 0.332 e. The number of nitrogens with zero attached hydrogens (tertiary/aromatic N) is 6. The molecule has 1 aromatic carbocycles. The van der Waals surface area contributed by atoms with E-state index in [1.54, 1.807) is 19.2 Å². The molecular formula is C19H21N7O2. The number of hydrogen-bond donors (Lipinski definition) is 1. The molecule has 0 bridgehead atoms. The van der Waals surface area contributed by atoms with Crippen molar-refractivity contribution < 1.29 is 0 Å². The van der Waals surface area contributed by atoms with Crippen LogP contribution in [0.15, 0.2) is 33.9 Å². The van der Waals surface area contributed by atoms with Crippen LogP contribution in [0.3, 0.4) is 0 Å². The number of aryl methyl sites for hydroxylation is 1. The van der Waals surface area contributed by atoms with Gasteiger partial charge < -0.3 is 10.6 Å². The lowest BCUT2D eigenvalue weighted by Crippen LogP contribution is -2.37. The van der Waals surface area contributed by atoms with Crippen LogP contribution in [0.1, 0.15) is 17.5 Å². The highest BCUT2D eigenvalue weighted by Gasteiger charge is 2.27. The molecule has 144 valence electrons. The van der Waals surface area contributed by atoms with E-state index in [0.717, 1.165) is 23.1 Å². The van der Waals surface area contributed by atoms with Crippen LogP contribution < -0.4 is 21.9 Å². The van der Waals surface area contributed by atoms with Crippen LogP contribution in [0.25, 0.3) is 11.2 Å². The van der Waals surface area contributed by atoms with Crippen molar-refractivity contribution in [1.82, 2.24) is 18.7 Å². The first kappa shape index (κ1) is 18.0. The van der Waals surface area contributed by atoms with Gasteiger partial charge in [0.05, 0.1) is 18.2 Å². The Hall–Kier alpha value is -3.38. The smallest absolute Gasteiger partial charge is 0.332 e. The Balaban J connectivity index is 2.00. The molecule has 0 amide bonds. The van der Waals surface area contributed by atoms with Gasteiger partial charge in [0.1, 0.15) is 0 Å². The van der Waals surface area contributed by atoms with Crippen LogP contribution in [0.2, 0.25) is 0 Å². The Morgan fingerprint density at radius 2 is 2.00 bits per heavy atom. The molecule has 9 nitrogen and oxygen atoms in total. The molecule has 1 fully saturated rings. The summed E-state index contributed by atoms with van der Waals surface area (Å²) in [6, 6.07) is 9.51. The van der Waals surface area contributed by atoms with Crippen molar-refractivity contribution in [3.8, 4) is 6.07 Å². The van der Waals surface area contributed by atoms with Gasteiger partial charge in [0.2, 0.25) is 5.95 Å². The normalized spacial score (nSPS) is 16.6. The highest BCUT2D eigenvalue weighted by molar-refractivity contribution is 5.75. The van der Waals surface area contributed by atoms with Gasteiger partial charge in [0.25, 0.3) is 5.56 Å². The number of nitriles is 1. The quantitative estimate of drug-likeness (QED) is 0.679. The van der Waals surface area contributed by atoms with Gasteiger partial charge in [0, 0.05) is 33.2 Å². The van der Waals surface area contributed by atoms with Gasteiger partial charge in [-0.2, -0.15) is 5.26 Å². The standard InChI is InChI=1S/C19H21N7O2/c1-23-16-15(17(27)24(2)19(23)28)22-18(25-8-7-14(21)11-25)26(16)10-13-6-4-3-5-12(13)9-20/h3-6,14H,7-8,10-11,21H2,1-2H3. The Bertz CT molecular complexity index is 1230. The largest absolute Gasteiger partial charge is 0.341 e. The molecule has 1 atom stereocenters. The van der Waals surface area contributed by atoms with Gasteiger partial charge in [-0.25, -0.2) is 9.78 Å². The molecule has 0 aliphatic carbocycles. The van der Waals surface area contributed by atoms with Crippen LogP contribution in [0, 0.1) is 11.3 Å². The zero-order valence-corrected chi connectivity index (χ0v) is 15.8. The summed E-state index contributed by atoms with van der Waals surface area (Å²) < 4.78 is 4.33. The average Bonchev–Trinajstić information content (AvgIpc) is 3.29. The fourth-order valence-electron chi connectivity index (χ4n) is 3.77. The highest BCUT2D eigenvalue weighted by Crippen LogP contribution is 2.25. The Morgan fingerprint density at radius 3 is 2.68 bits per heavy atom. The number of benzene rings is 1. The SMILES string of the molecule is Cn1c(=O)c2nc(N3CCC(N)C3)n(Cc3ccccc3C#N)c2n(C)c1=O. The number of anilines is 1. The molecule has 3 heterocycles. The van der Waals surface area contributed by atoms with Crippen molar-refractivity contribution in [2.75, 3.05) is 18.0 Å². The summed E-state index contributed by atoms with van der Waals surface area (Å²) in [5.41, 5.74) is 7.23. The predicted molar refractivity (Wildman–Crippen MR) is 105 cm³/mol. The number of hydrogen-bond acceptors (Lipinski definition) is 6. The Morgan fingerprint density at radius 1 is 1.25 bits per heavy atom. The zero-order chi connectivity index (χ0) is 20.0. The molecule has 0 saturated carbocycles. The summed E-state index contributed by atoms with van der Waals surface area (Å²) >= 11 is 0. The number of imidazole rings is 1. The average molecular weight is 379 g/mol. The van der Waals surface area contributed by atoms with Gasteiger partial charge in [-0.3, -0.25) is 18.5 Å². The fourth-order valence-corrected chi connectivity index (χ4v) is 3.77. The molecule has 1 saturated heterocycles. The predicted octanol–water partition coefficient (Wildman–Crippen LogP) is -0.109. The Kier molecular flexibility index (Phi) is 4.28. The lowest BCUT2D eigenvalue weighted by atomic mass is 10.1. The second kappa shape index (κ2) is 6.65. The topological polar surface area (TPSA) is 115 Å². The van der Waals surface area contributed by atoms with E-state index < -0.39 is 11.2 Å². The second-order valence-electron chi connectivity index (χ2n) is 7.14. The van der Waals surface area contributed by atoms with E-state index in [0.29, 0.717) is 30.2 Å². The molecule has 9 heteroatoms. The van der Waals surface area contributed by atoms with Crippen LogP contribution in [-0.4, -0.2) is 37.8 Å². The third-order valence-corrected chi connectivity index (χ3v) is 5.29. The zero-order valence-electron chi connectivity index (χ0n) is 15.8. The van der Waals surface area contributed by atoms with E-state index in [2.05, 4.69) is 11.1 Å². The number of fused-ring (bicyclic) bond motifs is 1. The minimum absolute atomic E-state index is 0.0336. The van der Waals surface area contributed by atoms with Gasteiger partial charge in [0.15, 0.2) is 11.2 Å². The van der Waals surface area contributed by atoms with Gasteiger partial charge in [-0.1, -0.05) is 18.2 Å². The Labute approximate surface area is 160 Å². The molecular weight excluding hydrogens is 358 g/mol. The maximum atomic E-state index is 12.7. The molecule has 4 rings (SSSR count). The molecule has 1 aliphatic rings. The first-order valence-corrected chi connectivity index (χ1v) is 9.07. The molecule has 0 spiro atoms. The summed E-state index contributed by atoms with van der Waals surface area (Å²) in [6.07, 6.45) is 0.828. The highest BCUT2D eigenvalue weighted by atomic mass is 16.2. The first-order chi connectivity index (χ1) is 13.4. The molecule has 1 aliphatic heterocycles. The molecule has 28 heavy (non-hydrogen) atoms. The van der Waals surface area contributed by atoms with Crippen LogP contribution >= 0.6 is 0 Å². The fraction of sp³-hybridized carbons (Fsp3) is 0.368. The third-order valence-electron chi connectivity index (χ3n) is 5.29. The number of aromatic nitrogens is 4. The molecule has 0 radical (unpaired) electrons. The van der Waals surface area contributed by atoms with Gasteiger partial charge in [-0.05, 0) is 18.1 Å². The van der Waals surface area contributed by atoms with Crippen molar-refractivity contribution in [3.05, 3.63) is 56.2 Å². The van der Waals surface area contributed by atoms with Crippen LogP contribution in [-0.2, 0) is 20.6 Å². The van der Waals surface area contributed by atoms with E-state index in [9.17, 15) is 14.9 Å². The van der Waals surface area contributed by atoms with Crippen molar-refractivity contribution in [3.63, 3.8) is 0 Å². The lowest BCUT2D eigenvalue weighted by molar-refractivity contribution is 0.683. The van der Waals surface area contributed by atoms with E-state index in [-0.39, 0.29) is 11.6 Å². The minimum atomic E-state index is -0.435. The molecule has 3 aromatic rings. The van der Waals surface area contributed by atoms with Crippen molar-refractivity contribution in [2.24, 2.45) is 19.8 Å². The summed E-state index contributed by atoms with van der Waals surface area (Å²) in [5, 5.41) is 9.44. The minimum Gasteiger partial charge on any atom is -0.341 e. The molecule has 1 unspecified atom stereocenters. The van der Waals surface area contributed by atoms with Crippen LogP contribution in [0.5, 0.6) is 0 Å². The summed E-state index contributed by atoms with van der Waals surface area (Å²) in [5.74, 6) is 0.592. The van der Waals surface area contributed by atoms with E-state index in [1.165, 1.54) is 11.6 Å². The van der Waals surface area contributed by atoms with Crippen molar-refractivity contribution in [2.45, 2.75) is 19.0 Å². The number of rotatable bonds is 3. The summed E-state index contributed by atoms with van der Waals surface area (Å²) in [6.45, 7) is 1.66. The third kappa shape index (κ3) is 2.70. The van der Waals surface area contributed by atoms with Crippen molar-refractivity contribution in [1.29, 1.82) is 5.26 Å². The van der Waals surface area contributed by atoms with Gasteiger partial charge >= 0.3 is 5.69 Å². The maximum absolute atomic E-state index is 12.7. The second-order valence-corrected chi connectivity index (χ2v) is 7.14. The van der Waals surface area contributed by atoms with E-state index in [1.807, 2.05) is 21.6 Å². The van der Waals surface area contributed by atoms with E-state index in [4.69, 9.17) is 5.73 Å². The molecule has 2 N–H and O–H groups in total. The lowest BCUT2D eigenvalue weighted by Gasteiger charge is -2.19. The van der Waals surface area contributed by atoms with Gasteiger partial charge in [-0.15, -0.1) is 0 Å². The summed E-state index contributed by atoms with van der Waals surface area (Å²) in [4.78, 5) is 31.8. The van der Waals surface area contributed by atoms with Crippen LogP contribution in [0.4, 0.5) is 5.95 Å².